The number of thiophene rings is 1. The van der Waals surface area contributed by atoms with Crippen LogP contribution in [0.4, 0.5) is 0 Å². The monoisotopic (exact) mass is 537 g/mol. The number of sulfonamides is 1. The number of hydrogen-bond donors (Lipinski definition) is 1. The maximum Gasteiger partial charge on any atom is 0.253 e. The maximum atomic E-state index is 13.4. The Morgan fingerprint density at radius 2 is 1.19 bits per heavy atom. The molecule has 0 saturated carbocycles. The fourth-order valence-electron chi connectivity index (χ4n) is 5.33. The lowest BCUT2D eigenvalue weighted by Gasteiger charge is -2.35. The van der Waals surface area contributed by atoms with Crippen LogP contribution in [0.3, 0.4) is 0 Å². The van der Waals surface area contributed by atoms with Gasteiger partial charge in [0.1, 0.15) is 14.5 Å². The molecule has 0 radical (unpaired) electrons. The molecule has 1 saturated heterocycles. The first-order valence-corrected chi connectivity index (χ1v) is 15.5. The van der Waals surface area contributed by atoms with E-state index in [4.69, 9.17) is 0 Å². The first kappa shape index (κ1) is 23.6. The van der Waals surface area contributed by atoms with Crippen LogP contribution >= 0.6 is 11.3 Å². The molecule has 36 heavy (non-hydrogen) atoms. The Balaban J connectivity index is 1.22. The summed E-state index contributed by atoms with van der Waals surface area (Å²) in [4.78, 5) is 1.50. The molecule has 4 aromatic rings. The molecule has 6 nitrogen and oxygen atoms in total. The zero-order chi connectivity index (χ0) is 24.9. The highest BCUT2D eigenvalue weighted by Crippen LogP contribution is 2.41. The third-order valence-corrected chi connectivity index (χ3v) is 12.8. The molecule has 0 atom stereocenters. The molecule has 6 rings (SSSR count). The van der Waals surface area contributed by atoms with Gasteiger partial charge in [-0.25, -0.2) is 16.8 Å². The highest BCUT2D eigenvalue weighted by molar-refractivity contribution is 7.95. The van der Waals surface area contributed by atoms with Crippen molar-refractivity contribution in [2.24, 2.45) is 0 Å². The average molecular weight is 538 g/mol. The Hall–Kier alpha value is -2.82. The Kier molecular flexibility index (Phi) is 5.85. The van der Waals surface area contributed by atoms with Crippen molar-refractivity contribution < 1.29 is 21.7 Å². The molecular weight excluding hydrogens is 513 g/mol. The molecule has 9 heteroatoms. The smallest absolute Gasteiger partial charge is 0.253 e. The van der Waals surface area contributed by atoms with E-state index in [1.54, 1.807) is 18.2 Å². The minimum absolute atomic E-state index is 0.0377. The van der Waals surface area contributed by atoms with Crippen molar-refractivity contribution in [2.75, 3.05) is 26.2 Å². The highest BCUT2D eigenvalue weighted by Gasteiger charge is 2.40. The van der Waals surface area contributed by atoms with Gasteiger partial charge in [-0.1, -0.05) is 66.7 Å². The maximum absolute atomic E-state index is 13.4. The fraction of sp³-hybridized carbons (Fsp3) is 0.185. The van der Waals surface area contributed by atoms with Crippen LogP contribution < -0.4 is 4.90 Å². The minimum Gasteiger partial charge on any atom is -0.323 e. The van der Waals surface area contributed by atoms with Crippen molar-refractivity contribution in [3.63, 3.8) is 0 Å². The van der Waals surface area contributed by atoms with Crippen molar-refractivity contribution in [3.05, 3.63) is 102 Å². The SMILES string of the molecule is O=S(=O)(c1ccccc1)c1ccc(S(=O)(=O)N2CC[NH+](C3c4ccccc4-c4ccccc43)CC2)s1. The van der Waals surface area contributed by atoms with Crippen molar-refractivity contribution in [3.8, 4) is 11.1 Å². The number of nitrogens with one attached hydrogen (secondary N) is 1. The fourth-order valence-corrected chi connectivity index (χ4v) is 10.1. The first-order valence-electron chi connectivity index (χ1n) is 11.8. The lowest BCUT2D eigenvalue weighted by molar-refractivity contribution is -0.928. The third-order valence-electron chi connectivity index (χ3n) is 7.08. The van der Waals surface area contributed by atoms with Crippen molar-refractivity contribution in [2.45, 2.75) is 19.4 Å². The Bertz CT molecular complexity index is 1590. The van der Waals surface area contributed by atoms with Crippen LogP contribution in [-0.4, -0.2) is 47.3 Å². The van der Waals surface area contributed by atoms with Crippen molar-refractivity contribution in [1.82, 2.24) is 4.31 Å². The second-order valence-corrected chi connectivity index (χ2v) is 14.5. The van der Waals surface area contributed by atoms with E-state index in [9.17, 15) is 16.8 Å². The van der Waals surface area contributed by atoms with E-state index in [2.05, 4.69) is 48.5 Å². The molecule has 1 fully saturated rings. The van der Waals surface area contributed by atoms with E-state index >= 15 is 0 Å². The number of quaternary nitrogens is 1. The van der Waals surface area contributed by atoms with Gasteiger partial charge in [0.05, 0.1) is 31.1 Å². The summed E-state index contributed by atoms with van der Waals surface area (Å²) in [6.45, 7) is 2.12. The normalized spacial score (nSPS) is 17.1. The largest absolute Gasteiger partial charge is 0.323 e. The number of fused-ring (bicyclic) bond motifs is 3. The summed E-state index contributed by atoms with van der Waals surface area (Å²) in [5, 5.41) is 0. The number of hydrogen-bond acceptors (Lipinski definition) is 5. The number of nitrogens with zero attached hydrogens (tertiary/aromatic N) is 1. The van der Waals surface area contributed by atoms with Crippen molar-refractivity contribution >= 4 is 31.2 Å². The molecular formula is C27H25N2O4S3+. The van der Waals surface area contributed by atoms with Crippen LogP contribution in [0.25, 0.3) is 11.1 Å². The Morgan fingerprint density at radius 1 is 0.667 bits per heavy atom. The quantitative estimate of drug-likeness (QED) is 0.424. The van der Waals surface area contributed by atoms with Gasteiger partial charge in [-0.05, 0) is 35.4 Å². The lowest BCUT2D eigenvalue weighted by atomic mass is 10.0. The van der Waals surface area contributed by atoms with Gasteiger partial charge in [-0.3, -0.25) is 0 Å². The predicted octanol–water partition coefficient (Wildman–Crippen LogP) is 3.24. The van der Waals surface area contributed by atoms with Crippen molar-refractivity contribution in [1.29, 1.82) is 0 Å². The predicted molar refractivity (Wildman–Crippen MR) is 139 cm³/mol. The standard InChI is InChI=1S/C27H24N2O4S3/c30-35(31,20-8-2-1-3-9-20)25-14-15-26(34-25)36(32,33)29-18-16-28(17-19-29)27-23-12-6-4-10-21(23)22-11-5-7-13-24(22)27/h1-15,27H,16-19H2/p+1. The summed E-state index contributed by atoms with van der Waals surface area (Å²) in [5.74, 6) is 0. The van der Waals surface area contributed by atoms with Gasteiger partial charge in [0.15, 0.2) is 0 Å². The second kappa shape index (κ2) is 8.93. The van der Waals surface area contributed by atoms with Crippen LogP contribution in [-0.2, 0) is 19.9 Å². The van der Waals surface area contributed by atoms with Gasteiger partial charge in [0, 0.05) is 11.1 Å². The molecule has 1 aliphatic heterocycles. The highest BCUT2D eigenvalue weighted by atomic mass is 32.3. The third kappa shape index (κ3) is 3.82. The van der Waals surface area contributed by atoms with Gasteiger partial charge in [-0.15, -0.1) is 11.3 Å². The number of sulfone groups is 1. The van der Waals surface area contributed by atoms with Gasteiger partial charge < -0.3 is 4.90 Å². The molecule has 0 bridgehead atoms. The van der Waals surface area contributed by atoms with E-state index in [-0.39, 0.29) is 19.4 Å². The van der Waals surface area contributed by atoms with Crippen LogP contribution in [0, 0.1) is 0 Å². The van der Waals surface area contributed by atoms with Gasteiger partial charge in [0.25, 0.3) is 10.0 Å². The Morgan fingerprint density at radius 3 is 1.81 bits per heavy atom. The molecule has 1 aromatic heterocycles. The summed E-state index contributed by atoms with van der Waals surface area (Å²) in [6.07, 6.45) is 0. The Labute approximate surface area is 215 Å². The molecule has 2 heterocycles. The summed E-state index contributed by atoms with van der Waals surface area (Å²) in [6, 6.07) is 28.0. The van der Waals surface area contributed by atoms with E-state index < -0.39 is 19.9 Å². The summed E-state index contributed by atoms with van der Waals surface area (Å²) < 4.78 is 54.3. The van der Waals surface area contributed by atoms with Crippen LogP contribution in [0.5, 0.6) is 0 Å². The summed E-state index contributed by atoms with van der Waals surface area (Å²) >= 11 is 0.818. The molecule has 3 aromatic carbocycles. The van der Waals surface area contributed by atoms with Gasteiger partial charge in [0.2, 0.25) is 9.84 Å². The molecule has 0 amide bonds. The van der Waals surface area contributed by atoms with Gasteiger partial charge in [-0.2, -0.15) is 4.31 Å². The number of rotatable bonds is 5. The topological polar surface area (TPSA) is 76.0 Å². The molecule has 1 N–H and O–H groups in total. The lowest BCUT2D eigenvalue weighted by Crippen LogP contribution is -3.15. The van der Waals surface area contributed by atoms with Gasteiger partial charge >= 0.3 is 0 Å². The number of piperazine rings is 1. The molecule has 2 aliphatic rings. The van der Waals surface area contributed by atoms with E-state index in [1.165, 1.54) is 55.7 Å². The van der Waals surface area contributed by atoms with Crippen LogP contribution in [0.1, 0.15) is 17.2 Å². The number of benzene rings is 3. The zero-order valence-corrected chi connectivity index (χ0v) is 21.8. The molecule has 184 valence electrons. The van der Waals surface area contributed by atoms with Crippen LogP contribution in [0.2, 0.25) is 0 Å². The summed E-state index contributed by atoms with van der Waals surface area (Å²) in [7, 11) is -7.53. The van der Waals surface area contributed by atoms with E-state index in [1.807, 2.05) is 0 Å². The molecule has 0 spiro atoms. The minimum atomic E-state index is -3.78. The van der Waals surface area contributed by atoms with Crippen LogP contribution in [0.15, 0.2) is 104 Å². The second-order valence-electron chi connectivity index (χ2n) is 9.06. The molecule has 1 aliphatic carbocycles. The summed E-state index contributed by atoms with van der Waals surface area (Å²) in [5.41, 5.74) is 5.09. The van der Waals surface area contributed by atoms with E-state index in [0.717, 1.165) is 11.3 Å². The van der Waals surface area contributed by atoms with E-state index in [0.29, 0.717) is 26.2 Å². The molecule has 0 unspecified atom stereocenters. The average Bonchev–Trinajstić information content (AvgIpc) is 3.54. The zero-order valence-electron chi connectivity index (χ0n) is 19.4. The first-order chi connectivity index (χ1) is 17.4.